The average Bonchev–Trinajstić information content (AvgIpc) is 2.28. The van der Waals surface area contributed by atoms with Gasteiger partial charge in [0.25, 0.3) is 0 Å². The molecule has 0 aliphatic rings. The zero-order valence-electron chi connectivity index (χ0n) is 9.36. The van der Waals surface area contributed by atoms with Gasteiger partial charge in [-0.25, -0.2) is 4.79 Å². The molecule has 0 atom stereocenters. The number of anilines is 1. The number of aliphatic hydroxyl groups excluding tert-OH is 1. The van der Waals surface area contributed by atoms with Crippen molar-refractivity contribution >= 4 is 11.7 Å². The first-order valence-electron chi connectivity index (χ1n) is 5.31. The van der Waals surface area contributed by atoms with Crippen LogP contribution in [0.2, 0.25) is 0 Å². The number of urea groups is 1. The summed E-state index contributed by atoms with van der Waals surface area (Å²) in [4.78, 5) is 15.4. The number of carbonyl (C=O) groups is 1. The lowest BCUT2D eigenvalue weighted by Crippen LogP contribution is -2.29. The van der Waals surface area contributed by atoms with E-state index in [1.165, 1.54) is 0 Å². The number of carbonyl (C=O) groups excluding carboxylic acids is 1. The first kappa shape index (κ1) is 12.4. The number of aliphatic hydroxyl groups is 1. The van der Waals surface area contributed by atoms with E-state index in [-0.39, 0.29) is 12.6 Å². The Morgan fingerprint density at radius 2 is 2.25 bits per heavy atom. The number of hydrogen-bond donors (Lipinski definition) is 3. The van der Waals surface area contributed by atoms with Gasteiger partial charge in [-0.05, 0) is 31.9 Å². The Kier molecular flexibility index (Phi) is 5.28. The molecule has 0 aliphatic carbocycles. The molecule has 3 N–H and O–H groups in total. The summed E-state index contributed by atoms with van der Waals surface area (Å²) in [6, 6.07) is 3.39. The highest BCUT2D eigenvalue weighted by Crippen LogP contribution is 2.04. The Balaban J connectivity index is 2.26. The summed E-state index contributed by atoms with van der Waals surface area (Å²) < 4.78 is 0. The van der Waals surface area contributed by atoms with Crippen molar-refractivity contribution in [2.75, 3.05) is 18.5 Å². The lowest BCUT2D eigenvalue weighted by molar-refractivity contribution is 0.250. The molecule has 88 valence electrons. The molecule has 0 aromatic carbocycles. The molecule has 0 unspecified atom stereocenters. The van der Waals surface area contributed by atoms with E-state index in [2.05, 4.69) is 15.6 Å². The number of rotatable bonds is 5. The fourth-order valence-electron chi connectivity index (χ4n) is 1.16. The molecule has 0 saturated heterocycles. The van der Waals surface area contributed by atoms with Gasteiger partial charge in [0, 0.05) is 18.8 Å². The number of pyridine rings is 1. The molecule has 0 fully saturated rings. The molecule has 0 radical (unpaired) electrons. The van der Waals surface area contributed by atoms with Crippen molar-refractivity contribution < 1.29 is 9.90 Å². The Morgan fingerprint density at radius 3 is 2.88 bits per heavy atom. The smallest absolute Gasteiger partial charge is 0.319 e. The van der Waals surface area contributed by atoms with Crippen molar-refractivity contribution in [2.24, 2.45) is 0 Å². The highest BCUT2D eigenvalue weighted by molar-refractivity contribution is 5.88. The molecule has 1 aromatic rings. The van der Waals surface area contributed by atoms with Crippen molar-refractivity contribution in [1.29, 1.82) is 0 Å². The van der Waals surface area contributed by atoms with Crippen LogP contribution in [-0.4, -0.2) is 29.3 Å². The summed E-state index contributed by atoms with van der Waals surface area (Å²) in [6.45, 7) is 2.61. The minimum absolute atomic E-state index is 0.158. The summed E-state index contributed by atoms with van der Waals surface area (Å²) in [5.41, 5.74) is 1.58. The maximum atomic E-state index is 11.3. The van der Waals surface area contributed by atoms with E-state index in [0.29, 0.717) is 18.7 Å². The van der Waals surface area contributed by atoms with Crippen molar-refractivity contribution in [1.82, 2.24) is 10.3 Å². The molecule has 16 heavy (non-hydrogen) atoms. The number of amides is 2. The summed E-state index contributed by atoms with van der Waals surface area (Å²) >= 11 is 0. The maximum Gasteiger partial charge on any atom is 0.319 e. The van der Waals surface area contributed by atoms with E-state index in [4.69, 9.17) is 5.11 Å². The monoisotopic (exact) mass is 223 g/mol. The first-order valence-corrected chi connectivity index (χ1v) is 5.31. The molecular weight excluding hydrogens is 206 g/mol. The zero-order valence-corrected chi connectivity index (χ0v) is 9.36. The van der Waals surface area contributed by atoms with Gasteiger partial charge in [0.1, 0.15) is 0 Å². The fraction of sp³-hybridized carbons (Fsp3) is 0.455. The Labute approximate surface area is 94.9 Å². The van der Waals surface area contributed by atoms with Gasteiger partial charge >= 0.3 is 6.03 Å². The lowest BCUT2D eigenvalue weighted by Gasteiger charge is -2.06. The van der Waals surface area contributed by atoms with E-state index >= 15 is 0 Å². The minimum Gasteiger partial charge on any atom is -0.396 e. The predicted molar refractivity (Wildman–Crippen MR) is 62.3 cm³/mol. The second-order valence-corrected chi connectivity index (χ2v) is 3.50. The number of nitrogens with one attached hydrogen (secondary N) is 2. The van der Waals surface area contributed by atoms with Crippen LogP contribution in [-0.2, 0) is 0 Å². The molecule has 0 saturated carbocycles. The number of nitrogens with zero attached hydrogens (tertiary/aromatic N) is 1. The Hall–Kier alpha value is -1.62. The van der Waals surface area contributed by atoms with Gasteiger partial charge in [0.05, 0.1) is 11.9 Å². The largest absolute Gasteiger partial charge is 0.396 e. The van der Waals surface area contributed by atoms with Crippen LogP contribution in [0.5, 0.6) is 0 Å². The van der Waals surface area contributed by atoms with Crippen LogP contribution in [0.15, 0.2) is 18.3 Å². The molecule has 2 amide bonds. The second-order valence-electron chi connectivity index (χ2n) is 3.50. The first-order chi connectivity index (χ1) is 7.72. The summed E-state index contributed by atoms with van der Waals surface area (Å²) in [5.74, 6) is 0. The molecule has 5 heteroatoms. The molecule has 1 rings (SSSR count). The van der Waals surface area contributed by atoms with Gasteiger partial charge in [0.2, 0.25) is 0 Å². The SMILES string of the molecule is Cc1ccc(NC(=O)NCCCCO)cn1. The van der Waals surface area contributed by atoms with Crippen LogP contribution in [0, 0.1) is 6.92 Å². The predicted octanol–water partition coefficient (Wildman–Crippen LogP) is 1.28. The van der Waals surface area contributed by atoms with E-state index in [0.717, 1.165) is 12.1 Å². The Bertz CT molecular complexity index is 325. The highest BCUT2D eigenvalue weighted by Gasteiger charge is 2.00. The third kappa shape index (κ3) is 4.75. The molecule has 0 bridgehead atoms. The molecule has 0 aliphatic heterocycles. The fourth-order valence-corrected chi connectivity index (χ4v) is 1.16. The average molecular weight is 223 g/mol. The van der Waals surface area contributed by atoms with Crippen LogP contribution < -0.4 is 10.6 Å². The third-order valence-corrected chi connectivity index (χ3v) is 2.04. The van der Waals surface area contributed by atoms with Crippen LogP contribution in [0.25, 0.3) is 0 Å². The molecule has 1 aromatic heterocycles. The van der Waals surface area contributed by atoms with E-state index < -0.39 is 0 Å². The number of hydrogen-bond acceptors (Lipinski definition) is 3. The van der Waals surface area contributed by atoms with E-state index in [1.807, 2.05) is 13.0 Å². The molecular formula is C11H17N3O2. The van der Waals surface area contributed by atoms with E-state index in [1.54, 1.807) is 12.3 Å². The quantitative estimate of drug-likeness (QED) is 0.658. The summed E-state index contributed by atoms with van der Waals surface area (Å²) in [6.07, 6.45) is 3.09. The third-order valence-electron chi connectivity index (χ3n) is 2.04. The number of unbranched alkanes of at least 4 members (excludes halogenated alkanes) is 1. The van der Waals surface area contributed by atoms with Crippen LogP contribution >= 0.6 is 0 Å². The second kappa shape index (κ2) is 6.79. The van der Waals surface area contributed by atoms with Crippen molar-refractivity contribution in [3.8, 4) is 0 Å². The van der Waals surface area contributed by atoms with Gasteiger partial charge in [-0.15, -0.1) is 0 Å². The van der Waals surface area contributed by atoms with E-state index in [9.17, 15) is 4.79 Å². The topological polar surface area (TPSA) is 74.2 Å². The van der Waals surface area contributed by atoms with Gasteiger partial charge < -0.3 is 15.7 Å². The Morgan fingerprint density at radius 1 is 1.44 bits per heavy atom. The van der Waals surface area contributed by atoms with Crippen LogP contribution in [0.3, 0.4) is 0 Å². The molecule has 0 spiro atoms. The summed E-state index contributed by atoms with van der Waals surface area (Å²) in [5, 5.41) is 13.9. The normalized spacial score (nSPS) is 9.88. The highest BCUT2D eigenvalue weighted by atomic mass is 16.3. The van der Waals surface area contributed by atoms with Gasteiger partial charge in [-0.2, -0.15) is 0 Å². The van der Waals surface area contributed by atoms with Crippen LogP contribution in [0.4, 0.5) is 10.5 Å². The molecule has 1 heterocycles. The van der Waals surface area contributed by atoms with Crippen molar-refractivity contribution in [3.05, 3.63) is 24.0 Å². The zero-order chi connectivity index (χ0) is 11.8. The van der Waals surface area contributed by atoms with Crippen molar-refractivity contribution in [3.63, 3.8) is 0 Å². The lowest BCUT2D eigenvalue weighted by atomic mass is 10.3. The minimum atomic E-state index is -0.247. The number of aryl methyl sites for hydroxylation is 1. The van der Waals surface area contributed by atoms with Gasteiger partial charge in [-0.1, -0.05) is 0 Å². The van der Waals surface area contributed by atoms with Gasteiger partial charge in [0.15, 0.2) is 0 Å². The van der Waals surface area contributed by atoms with Crippen molar-refractivity contribution in [2.45, 2.75) is 19.8 Å². The van der Waals surface area contributed by atoms with Gasteiger partial charge in [-0.3, -0.25) is 4.98 Å². The van der Waals surface area contributed by atoms with Crippen LogP contribution in [0.1, 0.15) is 18.5 Å². The molecule has 5 nitrogen and oxygen atoms in total. The summed E-state index contributed by atoms with van der Waals surface area (Å²) in [7, 11) is 0. The number of aromatic nitrogens is 1. The standard InChI is InChI=1S/C11H17N3O2/c1-9-4-5-10(8-13-9)14-11(16)12-6-2-3-7-15/h4-5,8,15H,2-3,6-7H2,1H3,(H2,12,14,16). The maximum absolute atomic E-state index is 11.3.